The van der Waals surface area contributed by atoms with E-state index in [1.54, 1.807) is 0 Å². The van der Waals surface area contributed by atoms with Gasteiger partial charge in [-0.05, 0) is 30.3 Å². The van der Waals surface area contributed by atoms with Crippen molar-refractivity contribution in [2.24, 2.45) is 0 Å². The summed E-state index contributed by atoms with van der Waals surface area (Å²) in [6.45, 7) is 1.76. The third-order valence-corrected chi connectivity index (χ3v) is 3.25. The fourth-order valence-electron chi connectivity index (χ4n) is 2.38. The Bertz CT molecular complexity index is 685. The SMILES string of the molecule is CNCc1cccc(Cn2cnc3ccccc32)c1. The highest BCUT2D eigenvalue weighted by atomic mass is 15.0. The molecular weight excluding hydrogens is 234 g/mol. The minimum absolute atomic E-state index is 0.859. The number of benzene rings is 2. The maximum Gasteiger partial charge on any atom is 0.0961 e. The van der Waals surface area contributed by atoms with Crippen LogP contribution in [0.25, 0.3) is 11.0 Å². The van der Waals surface area contributed by atoms with Gasteiger partial charge in [0.2, 0.25) is 0 Å². The van der Waals surface area contributed by atoms with Crippen LogP contribution in [0.1, 0.15) is 11.1 Å². The van der Waals surface area contributed by atoms with E-state index in [0.29, 0.717) is 0 Å². The van der Waals surface area contributed by atoms with Crippen molar-refractivity contribution >= 4 is 11.0 Å². The second-order valence-corrected chi connectivity index (χ2v) is 4.71. The minimum Gasteiger partial charge on any atom is -0.326 e. The van der Waals surface area contributed by atoms with Gasteiger partial charge in [0.15, 0.2) is 0 Å². The summed E-state index contributed by atoms with van der Waals surface area (Å²) in [5, 5.41) is 3.18. The number of fused-ring (bicyclic) bond motifs is 1. The van der Waals surface area contributed by atoms with E-state index in [2.05, 4.69) is 51.3 Å². The van der Waals surface area contributed by atoms with Crippen molar-refractivity contribution in [3.05, 3.63) is 66.0 Å². The summed E-state index contributed by atoms with van der Waals surface area (Å²) in [5.41, 5.74) is 4.84. The van der Waals surface area contributed by atoms with Gasteiger partial charge in [-0.25, -0.2) is 4.98 Å². The number of para-hydroxylation sites is 2. The molecule has 19 heavy (non-hydrogen) atoms. The summed E-state index contributed by atoms with van der Waals surface area (Å²) >= 11 is 0. The molecule has 3 heteroatoms. The molecule has 0 bridgehead atoms. The summed E-state index contributed by atoms with van der Waals surface area (Å²) in [4.78, 5) is 4.42. The quantitative estimate of drug-likeness (QED) is 0.772. The molecular formula is C16H17N3. The third-order valence-electron chi connectivity index (χ3n) is 3.25. The Morgan fingerprint density at radius 1 is 1.05 bits per heavy atom. The zero-order valence-electron chi connectivity index (χ0n) is 11.0. The number of hydrogen-bond acceptors (Lipinski definition) is 2. The lowest BCUT2D eigenvalue weighted by Crippen LogP contribution is -2.06. The average Bonchev–Trinajstić information content (AvgIpc) is 2.83. The highest BCUT2D eigenvalue weighted by Gasteiger charge is 2.02. The molecule has 0 aliphatic carbocycles. The third kappa shape index (κ3) is 2.51. The smallest absolute Gasteiger partial charge is 0.0961 e. The van der Waals surface area contributed by atoms with Crippen LogP contribution in [0.2, 0.25) is 0 Å². The first-order chi connectivity index (χ1) is 9.36. The molecule has 3 aromatic rings. The van der Waals surface area contributed by atoms with Crippen LogP contribution >= 0.6 is 0 Å². The lowest BCUT2D eigenvalue weighted by Gasteiger charge is -2.07. The molecule has 0 radical (unpaired) electrons. The Morgan fingerprint density at radius 2 is 1.89 bits per heavy atom. The minimum atomic E-state index is 0.859. The largest absolute Gasteiger partial charge is 0.326 e. The van der Waals surface area contributed by atoms with Crippen LogP contribution in [0.4, 0.5) is 0 Å². The highest BCUT2D eigenvalue weighted by molar-refractivity contribution is 5.75. The molecule has 1 heterocycles. The molecule has 0 atom stereocenters. The Morgan fingerprint density at radius 3 is 2.79 bits per heavy atom. The van der Waals surface area contributed by atoms with Gasteiger partial charge in [-0.2, -0.15) is 0 Å². The summed E-state index contributed by atoms with van der Waals surface area (Å²) < 4.78 is 2.19. The van der Waals surface area contributed by atoms with E-state index in [1.165, 1.54) is 16.6 Å². The van der Waals surface area contributed by atoms with Crippen LogP contribution in [-0.4, -0.2) is 16.6 Å². The van der Waals surface area contributed by atoms with Gasteiger partial charge in [-0.3, -0.25) is 0 Å². The van der Waals surface area contributed by atoms with Crippen molar-refractivity contribution in [2.75, 3.05) is 7.05 Å². The average molecular weight is 251 g/mol. The number of nitrogens with zero attached hydrogens (tertiary/aromatic N) is 2. The van der Waals surface area contributed by atoms with Gasteiger partial charge in [-0.15, -0.1) is 0 Å². The summed E-state index contributed by atoms with van der Waals surface area (Å²) in [5.74, 6) is 0. The van der Waals surface area contributed by atoms with Gasteiger partial charge in [0.1, 0.15) is 0 Å². The van der Waals surface area contributed by atoms with E-state index >= 15 is 0 Å². The van der Waals surface area contributed by atoms with Crippen LogP contribution in [-0.2, 0) is 13.1 Å². The number of hydrogen-bond donors (Lipinski definition) is 1. The van der Waals surface area contributed by atoms with Gasteiger partial charge in [-0.1, -0.05) is 36.4 Å². The Labute approximate surface area is 112 Å². The predicted octanol–water partition coefficient (Wildman–Crippen LogP) is 2.80. The molecule has 96 valence electrons. The molecule has 1 N–H and O–H groups in total. The topological polar surface area (TPSA) is 29.9 Å². The molecule has 0 unspecified atom stereocenters. The summed E-state index contributed by atoms with van der Waals surface area (Å²) in [6, 6.07) is 16.9. The van der Waals surface area contributed by atoms with E-state index in [1.807, 2.05) is 25.5 Å². The van der Waals surface area contributed by atoms with Crippen LogP contribution in [0.15, 0.2) is 54.9 Å². The molecule has 3 nitrogen and oxygen atoms in total. The first-order valence-electron chi connectivity index (χ1n) is 6.49. The van der Waals surface area contributed by atoms with E-state index in [0.717, 1.165) is 18.6 Å². The van der Waals surface area contributed by atoms with Crippen molar-refractivity contribution < 1.29 is 0 Å². The lowest BCUT2D eigenvalue weighted by atomic mass is 10.1. The molecule has 0 amide bonds. The van der Waals surface area contributed by atoms with Gasteiger partial charge < -0.3 is 9.88 Å². The number of nitrogens with one attached hydrogen (secondary N) is 1. The molecule has 0 saturated carbocycles. The van der Waals surface area contributed by atoms with Crippen LogP contribution in [0.3, 0.4) is 0 Å². The van der Waals surface area contributed by atoms with Gasteiger partial charge in [0, 0.05) is 13.1 Å². The molecule has 0 fully saturated rings. The fourth-order valence-corrected chi connectivity index (χ4v) is 2.38. The van der Waals surface area contributed by atoms with Crippen molar-refractivity contribution in [3.8, 4) is 0 Å². The van der Waals surface area contributed by atoms with E-state index in [-0.39, 0.29) is 0 Å². The second-order valence-electron chi connectivity index (χ2n) is 4.71. The zero-order valence-corrected chi connectivity index (χ0v) is 11.0. The first-order valence-corrected chi connectivity index (χ1v) is 6.49. The Hall–Kier alpha value is -2.13. The van der Waals surface area contributed by atoms with Gasteiger partial charge in [0.05, 0.1) is 17.4 Å². The van der Waals surface area contributed by atoms with Crippen LogP contribution in [0, 0.1) is 0 Å². The van der Waals surface area contributed by atoms with Gasteiger partial charge in [0.25, 0.3) is 0 Å². The molecule has 0 aliphatic heterocycles. The van der Waals surface area contributed by atoms with Crippen molar-refractivity contribution in [3.63, 3.8) is 0 Å². The zero-order chi connectivity index (χ0) is 13.1. The predicted molar refractivity (Wildman–Crippen MR) is 78.0 cm³/mol. The number of imidazole rings is 1. The Kier molecular flexibility index (Phi) is 3.29. The molecule has 0 aliphatic rings. The van der Waals surface area contributed by atoms with E-state index in [4.69, 9.17) is 0 Å². The van der Waals surface area contributed by atoms with Gasteiger partial charge >= 0.3 is 0 Å². The molecule has 2 aromatic carbocycles. The van der Waals surface area contributed by atoms with Crippen LogP contribution < -0.4 is 5.32 Å². The monoisotopic (exact) mass is 251 g/mol. The number of rotatable bonds is 4. The second kappa shape index (κ2) is 5.24. The van der Waals surface area contributed by atoms with E-state index < -0.39 is 0 Å². The van der Waals surface area contributed by atoms with E-state index in [9.17, 15) is 0 Å². The van der Waals surface area contributed by atoms with Crippen LogP contribution in [0.5, 0.6) is 0 Å². The summed E-state index contributed by atoms with van der Waals surface area (Å²) in [7, 11) is 1.97. The Balaban J connectivity index is 1.90. The maximum atomic E-state index is 4.42. The normalized spacial score (nSPS) is 11.0. The molecule has 0 spiro atoms. The highest BCUT2D eigenvalue weighted by Crippen LogP contribution is 2.14. The maximum absolute atomic E-state index is 4.42. The molecule has 1 aromatic heterocycles. The van der Waals surface area contributed by atoms with Crippen molar-refractivity contribution in [2.45, 2.75) is 13.1 Å². The molecule has 3 rings (SSSR count). The summed E-state index contributed by atoms with van der Waals surface area (Å²) in [6.07, 6.45) is 1.91. The van der Waals surface area contributed by atoms with Crippen molar-refractivity contribution in [1.29, 1.82) is 0 Å². The fraction of sp³-hybridized carbons (Fsp3) is 0.188. The number of aromatic nitrogens is 2. The standard InChI is InChI=1S/C16H17N3/c1-17-10-13-5-4-6-14(9-13)11-19-12-18-15-7-2-3-8-16(15)19/h2-9,12,17H,10-11H2,1H3. The first kappa shape index (κ1) is 11.9. The molecule has 0 saturated heterocycles. The lowest BCUT2D eigenvalue weighted by molar-refractivity contribution is 0.800. The van der Waals surface area contributed by atoms with Crippen molar-refractivity contribution in [1.82, 2.24) is 14.9 Å².